The Bertz CT molecular complexity index is 1360. The van der Waals surface area contributed by atoms with E-state index in [-0.39, 0.29) is 18.3 Å². The zero-order valence-electron chi connectivity index (χ0n) is 24.7. The highest BCUT2D eigenvalue weighted by Gasteiger charge is 2.22. The summed E-state index contributed by atoms with van der Waals surface area (Å²) in [4.78, 5) is 29.9. The Kier molecular flexibility index (Phi) is 11.5. The van der Waals surface area contributed by atoms with Crippen molar-refractivity contribution in [1.29, 1.82) is 0 Å². The van der Waals surface area contributed by atoms with E-state index in [1.807, 2.05) is 0 Å². The molecular weight excluding hydrogens is 534 g/mol. The summed E-state index contributed by atoms with van der Waals surface area (Å²) in [6.07, 6.45) is 12.4. The molecule has 0 aliphatic carbocycles. The molecule has 2 heterocycles. The van der Waals surface area contributed by atoms with Crippen LogP contribution in [0.4, 0.5) is 4.79 Å². The second-order valence-corrected chi connectivity index (χ2v) is 10.2. The Hall–Kier alpha value is -4.24. The number of ether oxygens (including phenoxy) is 4. The van der Waals surface area contributed by atoms with E-state index in [4.69, 9.17) is 18.9 Å². The first-order chi connectivity index (χ1) is 20.5. The predicted molar refractivity (Wildman–Crippen MR) is 164 cm³/mol. The fourth-order valence-electron chi connectivity index (χ4n) is 5.27. The number of unbranched alkanes of at least 4 members (excludes halogenated alkanes) is 1. The molecular formula is C33H41N3O6. The molecule has 2 aromatic carbocycles. The number of methoxy groups -OCH3 is 2. The molecule has 9 nitrogen and oxygen atoms in total. The van der Waals surface area contributed by atoms with E-state index < -0.39 is 6.16 Å². The van der Waals surface area contributed by atoms with Crippen molar-refractivity contribution >= 4 is 29.0 Å². The Morgan fingerprint density at radius 2 is 1.79 bits per heavy atom. The van der Waals surface area contributed by atoms with Gasteiger partial charge in [0.25, 0.3) is 0 Å². The van der Waals surface area contributed by atoms with E-state index in [1.165, 1.54) is 49.6 Å². The number of hydrogen-bond acceptors (Lipinski definition) is 7. The number of piperidine rings is 1. The van der Waals surface area contributed by atoms with Gasteiger partial charge in [0, 0.05) is 29.7 Å². The van der Waals surface area contributed by atoms with Crippen LogP contribution in [0, 0.1) is 0 Å². The highest BCUT2D eigenvalue weighted by molar-refractivity contribution is 5.88. The summed E-state index contributed by atoms with van der Waals surface area (Å²) in [6, 6.07) is 11.9. The normalized spacial score (nSPS) is 14.5. The number of aromatic amines is 1. The van der Waals surface area contributed by atoms with Crippen molar-refractivity contribution in [3.8, 4) is 17.2 Å². The van der Waals surface area contributed by atoms with Crippen LogP contribution in [0.15, 0.2) is 60.8 Å². The molecule has 0 unspecified atom stereocenters. The Labute approximate surface area is 247 Å². The predicted octanol–water partition coefficient (Wildman–Crippen LogP) is 6.07. The molecule has 1 aromatic heterocycles. The number of nitrogens with one attached hydrogen (secondary N) is 2. The maximum atomic E-state index is 12.2. The molecule has 42 heavy (non-hydrogen) atoms. The van der Waals surface area contributed by atoms with Crippen LogP contribution in [0.3, 0.4) is 0 Å². The second kappa shape index (κ2) is 15.7. The van der Waals surface area contributed by atoms with Crippen molar-refractivity contribution < 1.29 is 28.5 Å². The number of benzene rings is 2. The number of hydrogen-bond donors (Lipinski definition) is 2. The minimum Gasteiger partial charge on any atom is -0.493 e. The van der Waals surface area contributed by atoms with Crippen LogP contribution < -0.4 is 19.5 Å². The van der Waals surface area contributed by atoms with E-state index in [0.29, 0.717) is 24.0 Å². The molecule has 0 saturated carbocycles. The van der Waals surface area contributed by atoms with E-state index in [2.05, 4.69) is 45.7 Å². The van der Waals surface area contributed by atoms with Crippen LogP contribution in [0.25, 0.3) is 17.0 Å². The smallest absolute Gasteiger partial charge is 0.493 e. The van der Waals surface area contributed by atoms with Crippen molar-refractivity contribution in [2.75, 3.05) is 47.0 Å². The molecule has 1 aliphatic rings. The molecule has 0 bridgehead atoms. The van der Waals surface area contributed by atoms with Gasteiger partial charge in [-0.15, -0.1) is 0 Å². The molecule has 1 amide bonds. The highest BCUT2D eigenvalue weighted by Crippen LogP contribution is 2.39. The van der Waals surface area contributed by atoms with Gasteiger partial charge in [-0.25, -0.2) is 4.79 Å². The van der Waals surface area contributed by atoms with Gasteiger partial charge in [-0.05, 0) is 87.5 Å². The Morgan fingerprint density at radius 3 is 2.50 bits per heavy atom. The summed E-state index contributed by atoms with van der Waals surface area (Å²) < 4.78 is 20.8. The maximum Gasteiger partial charge on any atom is 0.514 e. The summed E-state index contributed by atoms with van der Waals surface area (Å²) in [7, 11) is 2.94. The minimum atomic E-state index is -0.840. The standard InChI is InChI=1S/C33H41N3O6/c1-4-41-33(38)42-32-29(39-2)21-24(22-30(32)40-3)11-5-8-14-31(37)34-17-9-10-18-36-19-15-25(16-20-36)27-23-35-28-13-7-6-12-26(27)28/h5-8,11-14,21-23,25,35H,4,9-10,15-20H2,1-3H3,(H,34,37). The highest BCUT2D eigenvalue weighted by atomic mass is 16.7. The third-order valence-corrected chi connectivity index (χ3v) is 7.43. The van der Waals surface area contributed by atoms with Gasteiger partial charge >= 0.3 is 6.16 Å². The number of nitrogens with zero attached hydrogens (tertiary/aromatic N) is 1. The van der Waals surface area contributed by atoms with Crippen molar-refractivity contribution in [3.05, 3.63) is 72.0 Å². The summed E-state index contributed by atoms with van der Waals surface area (Å²) in [6.45, 7) is 5.82. The summed E-state index contributed by atoms with van der Waals surface area (Å²) in [5, 5.41) is 4.31. The first kappa shape index (κ1) is 30.7. The number of likely N-dealkylation sites (tertiary alicyclic amines) is 1. The lowest BCUT2D eigenvalue weighted by Gasteiger charge is -2.32. The van der Waals surface area contributed by atoms with Gasteiger partial charge in [0.05, 0.1) is 20.8 Å². The number of amides is 1. The topological polar surface area (TPSA) is 102 Å². The van der Waals surface area contributed by atoms with Crippen LogP contribution in [0.2, 0.25) is 0 Å². The average Bonchev–Trinajstić information content (AvgIpc) is 3.44. The van der Waals surface area contributed by atoms with Gasteiger partial charge in [0.2, 0.25) is 11.7 Å². The molecule has 0 radical (unpaired) electrons. The maximum absolute atomic E-state index is 12.2. The minimum absolute atomic E-state index is 0.132. The van der Waals surface area contributed by atoms with Crippen molar-refractivity contribution in [2.45, 2.75) is 38.5 Å². The van der Waals surface area contributed by atoms with E-state index in [9.17, 15) is 9.59 Å². The molecule has 3 aromatic rings. The zero-order chi connectivity index (χ0) is 29.7. The lowest BCUT2D eigenvalue weighted by atomic mass is 9.89. The van der Waals surface area contributed by atoms with Gasteiger partial charge in [0.1, 0.15) is 0 Å². The first-order valence-electron chi connectivity index (χ1n) is 14.5. The van der Waals surface area contributed by atoms with Gasteiger partial charge in [-0.1, -0.05) is 36.4 Å². The number of allylic oxidation sites excluding steroid dienone is 2. The molecule has 1 saturated heterocycles. The van der Waals surface area contributed by atoms with Gasteiger partial charge in [-0.3, -0.25) is 4.79 Å². The number of para-hydroxylation sites is 1. The lowest BCUT2D eigenvalue weighted by Crippen LogP contribution is -2.34. The molecule has 0 atom stereocenters. The van der Waals surface area contributed by atoms with Crippen LogP contribution in [0.5, 0.6) is 17.2 Å². The lowest BCUT2D eigenvalue weighted by molar-refractivity contribution is -0.116. The average molecular weight is 576 g/mol. The summed E-state index contributed by atoms with van der Waals surface area (Å²) >= 11 is 0. The van der Waals surface area contributed by atoms with Crippen LogP contribution in [-0.2, 0) is 9.53 Å². The molecule has 1 aliphatic heterocycles. The van der Waals surface area contributed by atoms with Crippen molar-refractivity contribution in [3.63, 3.8) is 0 Å². The van der Waals surface area contributed by atoms with Crippen LogP contribution >= 0.6 is 0 Å². The molecule has 1 fully saturated rings. The zero-order valence-corrected chi connectivity index (χ0v) is 24.7. The number of fused-ring (bicyclic) bond motifs is 1. The first-order valence-corrected chi connectivity index (χ1v) is 14.5. The Morgan fingerprint density at radius 1 is 1.05 bits per heavy atom. The Balaban J connectivity index is 1.14. The summed E-state index contributed by atoms with van der Waals surface area (Å²) in [5.41, 5.74) is 3.42. The van der Waals surface area contributed by atoms with E-state index >= 15 is 0 Å². The molecule has 4 rings (SSSR count). The number of carbonyl (C=O) groups is 2. The third-order valence-electron chi connectivity index (χ3n) is 7.43. The third kappa shape index (κ3) is 8.39. The number of aromatic nitrogens is 1. The monoisotopic (exact) mass is 575 g/mol. The fraction of sp³-hybridized carbons (Fsp3) is 0.394. The summed E-state index contributed by atoms with van der Waals surface area (Å²) in [5.74, 6) is 1.27. The van der Waals surface area contributed by atoms with E-state index in [1.54, 1.807) is 37.3 Å². The van der Waals surface area contributed by atoms with Gasteiger partial charge < -0.3 is 34.1 Å². The molecule has 9 heteroatoms. The van der Waals surface area contributed by atoms with Crippen molar-refractivity contribution in [2.24, 2.45) is 0 Å². The molecule has 2 N–H and O–H groups in total. The van der Waals surface area contributed by atoms with Crippen molar-refractivity contribution in [1.82, 2.24) is 15.2 Å². The SMILES string of the molecule is CCOC(=O)Oc1c(OC)cc(C=CC=CC(=O)NCCCCN2CCC(c3c[nH]c4ccccc34)CC2)cc1OC. The molecule has 0 spiro atoms. The fourth-order valence-corrected chi connectivity index (χ4v) is 5.27. The number of rotatable bonds is 13. The van der Waals surface area contributed by atoms with E-state index in [0.717, 1.165) is 38.0 Å². The number of carbonyl (C=O) groups excluding carboxylic acids is 2. The van der Waals surface area contributed by atoms with Crippen LogP contribution in [-0.4, -0.2) is 69.0 Å². The van der Waals surface area contributed by atoms with Gasteiger partial charge in [-0.2, -0.15) is 0 Å². The second-order valence-electron chi connectivity index (χ2n) is 10.2. The van der Waals surface area contributed by atoms with Gasteiger partial charge in [0.15, 0.2) is 11.5 Å². The largest absolute Gasteiger partial charge is 0.514 e. The number of H-pyrrole nitrogens is 1. The quantitative estimate of drug-likeness (QED) is 0.0839. The van der Waals surface area contributed by atoms with Crippen LogP contribution in [0.1, 0.15) is 49.7 Å². The molecule has 224 valence electrons.